The van der Waals surface area contributed by atoms with E-state index in [0.29, 0.717) is 31.0 Å². The fourth-order valence-corrected chi connectivity index (χ4v) is 3.04. The summed E-state index contributed by atoms with van der Waals surface area (Å²) >= 11 is 0. The summed E-state index contributed by atoms with van der Waals surface area (Å²) in [5.41, 5.74) is 3.22. The van der Waals surface area contributed by atoms with Crippen LogP contribution in [0.5, 0.6) is 0 Å². The lowest BCUT2D eigenvalue weighted by atomic mass is 10.1. The molecule has 5 nitrogen and oxygen atoms in total. The van der Waals surface area contributed by atoms with E-state index in [1.807, 2.05) is 36.4 Å². The third-order valence-electron chi connectivity index (χ3n) is 4.51. The molecule has 1 aliphatic rings. The van der Waals surface area contributed by atoms with Gasteiger partial charge in [-0.1, -0.05) is 55.1 Å². The molecular formula is C22H24N2O3. The number of carbonyl (C=O) groups excluding carboxylic acids is 2. The molecule has 1 N–H and O–H groups in total. The topological polar surface area (TPSA) is 58.6 Å². The average molecular weight is 364 g/mol. The summed E-state index contributed by atoms with van der Waals surface area (Å²) in [5.74, 6) is -0.364. The molecule has 2 aromatic carbocycles. The Morgan fingerprint density at radius 1 is 1.00 bits per heavy atom. The van der Waals surface area contributed by atoms with Crippen LogP contribution in [0.3, 0.4) is 0 Å². The maximum Gasteiger partial charge on any atom is 0.259 e. The highest BCUT2D eigenvalue weighted by Crippen LogP contribution is 2.30. The second kappa shape index (κ2) is 9.14. The van der Waals surface area contributed by atoms with Gasteiger partial charge >= 0.3 is 0 Å². The van der Waals surface area contributed by atoms with E-state index in [4.69, 9.17) is 4.74 Å². The van der Waals surface area contributed by atoms with Crippen LogP contribution in [0.15, 0.2) is 61.2 Å². The number of carbonyl (C=O) groups is 2. The first-order valence-corrected chi connectivity index (χ1v) is 9.15. The number of nitrogens with one attached hydrogen (secondary N) is 1. The fourth-order valence-electron chi connectivity index (χ4n) is 3.04. The van der Waals surface area contributed by atoms with Gasteiger partial charge in [-0.2, -0.15) is 0 Å². The molecule has 0 aromatic heterocycles. The van der Waals surface area contributed by atoms with E-state index >= 15 is 0 Å². The summed E-state index contributed by atoms with van der Waals surface area (Å²) in [7, 11) is 0. The van der Waals surface area contributed by atoms with Gasteiger partial charge in [-0.15, -0.1) is 0 Å². The number of benzene rings is 2. The molecule has 3 rings (SSSR count). The average Bonchev–Trinajstić information content (AvgIpc) is 2.93. The molecule has 0 bridgehead atoms. The standard InChI is InChI=1S/C22H24N2O3/c1-17-19-10-5-6-11-20(19)22(26)24(17)16-21(25)23-13-7-14-27-15-12-18-8-3-2-4-9-18/h2-6,8-11H,1,7,12-16H2,(H,23,25). The van der Waals surface area contributed by atoms with Crippen molar-refractivity contribution in [2.75, 3.05) is 26.3 Å². The second-order valence-electron chi connectivity index (χ2n) is 6.44. The molecule has 0 fully saturated rings. The van der Waals surface area contributed by atoms with Crippen LogP contribution in [0.4, 0.5) is 0 Å². The van der Waals surface area contributed by atoms with E-state index in [1.165, 1.54) is 10.5 Å². The van der Waals surface area contributed by atoms with Crippen molar-refractivity contribution in [1.29, 1.82) is 0 Å². The Kier molecular flexibility index (Phi) is 6.39. The van der Waals surface area contributed by atoms with Crippen LogP contribution >= 0.6 is 0 Å². The molecule has 0 atom stereocenters. The Hall–Kier alpha value is -2.92. The molecule has 1 heterocycles. The smallest absolute Gasteiger partial charge is 0.259 e. The highest BCUT2D eigenvalue weighted by atomic mass is 16.5. The number of amides is 2. The second-order valence-corrected chi connectivity index (χ2v) is 6.44. The van der Waals surface area contributed by atoms with Crippen LogP contribution < -0.4 is 5.32 Å². The molecule has 0 unspecified atom stereocenters. The van der Waals surface area contributed by atoms with E-state index in [1.54, 1.807) is 6.07 Å². The highest BCUT2D eigenvalue weighted by molar-refractivity contribution is 6.10. The van der Waals surface area contributed by atoms with Crippen LogP contribution in [0.25, 0.3) is 5.70 Å². The quantitative estimate of drug-likeness (QED) is 0.696. The lowest BCUT2D eigenvalue weighted by molar-refractivity contribution is -0.121. The Labute approximate surface area is 159 Å². The Morgan fingerprint density at radius 2 is 1.70 bits per heavy atom. The SMILES string of the molecule is C=C1c2ccccc2C(=O)N1CC(=O)NCCCOCCc1ccccc1. The predicted octanol–water partition coefficient (Wildman–Crippen LogP) is 2.88. The minimum atomic E-state index is -0.193. The van der Waals surface area contributed by atoms with Crippen molar-refractivity contribution in [3.63, 3.8) is 0 Å². The molecule has 1 aliphatic heterocycles. The third-order valence-corrected chi connectivity index (χ3v) is 4.51. The summed E-state index contributed by atoms with van der Waals surface area (Å²) in [6.07, 6.45) is 1.61. The van der Waals surface area contributed by atoms with Gasteiger partial charge in [0.05, 0.1) is 6.61 Å². The van der Waals surface area contributed by atoms with Crippen LogP contribution in [0.1, 0.15) is 27.9 Å². The van der Waals surface area contributed by atoms with Crippen LogP contribution in [0.2, 0.25) is 0 Å². The maximum absolute atomic E-state index is 12.4. The van der Waals surface area contributed by atoms with E-state index < -0.39 is 0 Å². The molecule has 0 radical (unpaired) electrons. The molecule has 0 aliphatic carbocycles. The highest BCUT2D eigenvalue weighted by Gasteiger charge is 2.31. The van der Waals surface area contributed by atoms with Gasteiger partial charge in [0.25, 0.3) is 5.91 Å². The summed E-state index contributed by atoms with van der Waals surface area (Å²) in [6, 6.07) is 17.5. The molecule has 0 saturated carbocycles. The van der Waals surface area contributed by atoms with Crippen molar-refractivity contribution in [2.45, 2.75) is 12.8 Å². The summed E-state index contributed by atoms with van der Waals surface area (Å²) < 4.78 is 5.60. The monoisotopic (exact) mass is 364 g/mol. The maximum atomic E-state index is 12.4. The molecule has 2 amide bonds. The number of fused-ring (bicyclic) bond motifs is 1. The fraction of sp³-hybridized carbons (Fsp3) is 0.273. The first kappa shape index (κ1) is 18.9. The summed E-state index contributed by atoms with van der Waals surface area (Å²) in [5, 5.41) is 2.83. The van der Waals surface area contributed by atoms with Gasteiger partial charge < -0.3 is 10.1 Å². The third kappa shape index (κ3) is 4.83. The van der Waals surface area contributed by atoms with Gasteiger partial charge in [-0.3, -0.25) is 14.5 Å². The Morgan fingerprint density at radius 3 is 2.44 bits per heavy atom. The molecule has 5 heteroatoms. The molecule has 140 valence electrons. The zero-order chi connectivity index (χ0) is 19.1. The summed E-state index contributed by atoms with van der Waals surface area (Å²) in [4.78, 5) is 25.9. The van der Waals surface area contributed by atoms with E-state index in [2.05, 4.69) is 24.0 Å². The van der Waals surface area contributed by atoms with Gasteiger partial charge in [0.1, 0.15) is 6.54 Å². The van der Waals surface area contributed by atoms with E-state index in [-0.39, 0.29) is 18.4 Å². The minimum absolute atomic E-state index is 0.0127. The van der Waals surface area contributed by atoms with E-state index in [0.717, 1.165) is 18.4 Å². The van der Waals surface area contributed by atoms with Crippen molar-refractivity contribution in [3.05, 3.63) is 77.9 Å². The molecular weight excluding hydrogens is 340 g/mol. The van der Waals surface area contributed by atoms with Crippen molar-refractivity contribution in [3.8, 4) is 0 Å². The van der Waals surface area contributed by atoms with E-state index in [9.17, 15) is 9.59 Å². The van der Waals surface area contributed by atoms with Gasteiger partial charge in [-0.05, 0) is 24.5 Å². The van der Waals surface area contributed by atoms with Crippen molar-refractivity contribution in [1.82, 2.24) is 10.2 Å². The van der Waals surface area contributed by atoms with Gasteiger partial charge in [-0.25, -0.2) is 0 Å². The number of hydrogen-bond donors (Lipinski definition) is 1. The molecule has 0 saturated heterocycles. The van der Waals surface area contributed by atoms with Crippen molar-refractivity contribution < 1.29 is 14.3 Å². The first-order valence-electron chi connectivity index (χ1n) is 9.15. The largest absolute Gasteiger partial charge is 0.381 e. The lowest BCUT2D eigenvalue weighted by Gasteiger charge is -2.17. The minimum Gasteiger partial charge on any atom is -0.381 e. The predicted molar refractivity (Wildman–Crippen MR) is 105 cm³/mol. The molecule has 27 heavy (non-hydrogen) atoms. The zero-order valence-corrected chi connectivity index (χ0v) is 15.3. The molecule has 0 spiro atoms. The normalized spacial score (nSPS) is 13.0. The number of nitrogens with zero attached hydrogens (tertiary/aromatic N) is 1. The first-order chi connectivity index (χ1) is 13.2. The van der Waals surface area contributed by atoms with Gasteiger partial charge in [0.2, 0.25) is 5.91 Å². The Balaban J connectivity index is 1.31. The lowest BCUT2D eigenvalue weighted by Crippen LogP contribution is -2.37. The number of ether oxygens (including phenoxy) is 1. The molecule has 2 aromatic rings. The van der Waals surface area contributed by atoms with Crippen molar-refractivity contribution in [2.24, 2.45) is 0 Å². The van der Waals surface area contributed by atoms with Gasteiger partial charge in [0, 0.05) is 30.0 Å². The zero-order valence-electron chi connectivity index (χ0n) is 15.3. The summed E-state index contributed by atoms with van der Waals surface area (Å²) in [6.45, 7) is 5.70. The Bertz CT molecular complexity index is 782. The van der Waals surface area contributed by atoms with Crippen LogP contribution in [-0.2, 0) is 16.0 Å². The van der Waals surface area contributed by atoms with Crippen molar-refractivity contribution >= 4 is 17.5 Å². The van der Waals surface area contributed by atoms with Gasteiger partial charge in [0.15, 0.2) is 0 Å². The number of rotatable bonds is 9. The van der Waals surface area contributed by atoms with Crippen LogP contribution in [-0.4, -0.2) is 43.0 Å². The number of hydrogen-bond acceptors (Lipinski definition) is 3. The van der Waals surface area contributed by atoms with Crippen LogP contribution in [0, 0.1) is 0 Å².